The fourth-order valence-electron chi connectivity index (χ4n) is 0.812. The number of carbonyl (C=O) groups is 1. The molecule has 6 nitrogen and oxygen atoms in total. The molecule has 0 saturated carbocycles. The Balaban J connectivity index is 0.000000471. The van der Waals surface area contributed by atoms with Crippen molar-refractivity contribution in [2.24, 2.45) is 14.1 Å². The van der Waals surface area contributed by atoms with Crippen molar-refractivity contribution >= 4 is 15.9 Å². The van der Waals surface area contributed by atoms with Gasteiger partial charge in [0, 0.05) is 0 Å². The van der Waals surface area contributed by atoms with Gasteiger partial charge in [-0.25, -0.2) is 13.9 Å². The molecule has 1 heterocycles. The van der Waals surface area contributed by atoms with Gasteiger partial charge in [0.1, 0.15) is 12.4 Å². The molecule has 1 aromatic rings. The molecule has 21 heavy (non-hydrogen) atoms. The number of halogens is 6. The molecule has 0 unspecified atom stereocenters. The van der Waals surface area contributed by atoms with Crippen LogP contribution in [0.5, 0.6) is 0 Å². The maximum absolute atomic E-state index is 11.4. The Labute approximate surface area is 115 Å². The standard InChI is InChI=1S/C5H9N2.C3HF6NO3S/c1-6-3-4-7(2)5-6;4-2(5,6)1(11)10-14(12,13)3(7,8)9/h3-5H,1-2H3;(H,10,11)/q+1;. The minimum atomic E-state index is -6.30. The third-order valence-corrected chi connectivity index (χ3v) is 2.75. The highest BCUT2D eigenvalue weighted by Gasteiger charge is 2.51. The van der Waals surface area contributed by atoms with Crippen LogP contribution in [0.25, 0.3) is 0 Å². The first-order valence-corrected chi connectivity index (χ1v) is 6.32. The van der Waals surface area contributed by atoms with E-state index in [0.717, 1.165) is 0 Å². The predicted octanol–water partition coefficient (Wildman–Crippen LogP) is 0.364. The number of imidazole rings is 1. The summed E-state index contributed by atoms with van der Waals surface area (Å²) in [5.41, 5.74) is -5.96. The summed E-state index contributed by atoms with van der Waals surface area (Å²) >= 11 is 0. The van der Waals surface area contributed by atoms with Gasteiger partial charge in [-0.15, -0.1) is 0 Å². The van der Waals surface area contributed by atoms with E-state index in [1.807, 2.05) is 42.0 Å². The molecule has 0 saturated heterocycles. The van der Waals surface area contributed by atoms with Gasteiger partial charge >= 0.3 is 27.6 Å². The van der Waals surface area contributed by atoms with Crippen LogP contribution >= 0.6 is 0 Å². The maximum atomic E-state index is 11.4. The van der Waals surface area contributed by atoms with Crippen LogP contribution in [-0.4, -0.2) is 30.6 Å². The van der Waals surface area contributed by atoms with Crippen LogP contribution in [-0.2, 0) is 28.9 Å². The lowest BCUT2D eigenvalue weighted by Gasteiger charge is -2.10. The fraction of sp³-hybridized carbons (Fsp3) is 0.500. The predicted molar refractivity (Wildman–Crippen MR) is 55.8 cm³/mol. The first-order chi connectivity index (χ1) is 9.17. The molecule has 0 fully saturated rings. The summed E-state index contributed by atoms with van der Waals surface area (Å²) in [5, 5.41) is 0. The van der Waals surface area contributed by atoms with Crippen molar-refractivity contribution in [2.45, 2.75) is 11.7 Å². The summed E-state index contributed by atoms with van der Waals surface area (Å²) < 4.78 is 91.9. The van der Waals surface area contributed by atoms with E-state index in [1.54, 1.807) is 0 Å². The van der Waals surface area contributed by atoms with Gasteiger partial charge in [0.25, 0.3) is 0 Å². The van der Waals surface area contributed by atoms with Crippen LogP contribution in [0.15, 0.2) is 18.7 Å². The average molecular weight is 342 g/mol. The Hall–Kier alpha value is -1.79. The number of amides is 1. The minimum absolute atomic E-state index is 0.181. The number of carbonyl (C=O) groups excluding carboxylic acids is 1. The van der Waals surface area contributed by atoms with Crippen LogP contribution in [0, 0.1) is 0 Å². The molecule has 1 N–H and O–H groups in total. The number of aromatic nitrogens is 2. The van der Waals surface area contributed by atoms with E-state index in [1.165, 1.54) is 0 Å². The van der Waals surface area contributed by atoms with Gasteiger partial charge in [0.15, 0.2) is 0 Å². The molecule has 13 heteroatoms. The molecule has 0 aliphatic carbocycles. The highest BCUT2D eigenvalue weighted by molar-refractivity contribution is 7.90. The first-order valence-electron chi connectivity index (χ1n) is 4.84. The molecule has 0 aliphatic rings. The monoisotopic (exact) mass is 342 g/mol. The zero-order valence-corrected chi connectivity index (χ0v) is 11.3. The van der Waals surface area contributed by atoms with E-state index in [4.69, 9.17) is 0 Å². The van der Waals surface area contributed by atoms with E-state index < -0.39 is 27.6 Å². The summed E-state index contributed by atoms with van der Waals surface area (Å²) in [7, 11) is -2.30. The molecule has 1 amide bonds. The summed E-state index contributed by atoms with van der Waals surface area (Å²) in [4.78, 5) is 9.81. The number of sulfonamides is 1. The molecule has 0 radical (unpaired) electrons. The van der Waals surface area contributed by atoms with Gasteiger partial charge in [-0.3, -0.25) is 4.79 Å². The second-order valence-corrected chi connectivity index (χ2v) is 5.30. The molecule has 122 valence electrons. The lowest BCUT2D eigenvalue weighted by Crippen LogP contribution is -2.46. The highest BCUT2D eigenvalue weighted by atomic mass is 32.2. The van der Waals surface area contributed by atoms with E-state index in [0.29, 0.717) is 0 Å². The quantitative estimate of drug-likeness (QED) is 0.592. The molecular weight excluding hydrogens is 332 g/mol. The Kier molecular flexibility index (Phi) is 5.78. The number of hydrogen-bond acceptors (Lipinski definition) is 3. The van der Waals surface area contributed by atoms with Crippen molar-refractivity contribution in [3.05, 3.63) is 18.7 Å². The number of rotatable bonds is 1. The molecule has 0 atom stereocenters. The second-order valence-electron chi connectivity index (χ2n) is 3.62. The Bertz CT molecular complexity index is 573. The summed E-state index contributed by atoms with van der Waals surface area (Å²) in [5.74, 6) is -3.20. The van der Waals surface area contributed by atoms with E-state index in [9.17, 15) is 39.6 Å². The van der Waals surface area contributed by atoms with Crippen molar-refractivity contribution in [3.8, 4) is 0 Å². The van der Waals surface area contributed by atoms with Gasteiger partial charge in [0.05, 0.1) is 14.1 Å². The second kappa shape index (κ2) is 6.32. The van der Waals surface area contributed by atoms with Gasteiger partial charge in [-0.1, -0.05) is 0 Å². The molecule has 0 aromatic carbocycles. The maximum Gasteiger partial charge on any atom is 0.516 e. The van der Waals surface area contributed by atoms with E-state index in [2.05, 4.69) is 0 Å². The van der Waals surface area contributed by atoms with E-state index in [-0.39, 0.29) is 4.72 Å². The lowest BCUT2D eigenvalue weighted by molar-refractivity contribution is -0.670. The summed E-state index contributed by atoms with van der Waals surface area (Å²) in [6, 6.07) is 0. The lowest BCUT2D eigenvalue weighted by atomic mass is 10.6. The molecule has 1 rings (SSSR count). The normalized spacial score (nSPS) is 12.4. The molecule has 0 spiro atoms. The Morgan fingerprint density at radius 1 is 1.19 bits per heavy atom. The van der Waals surface area contributed by atoms with Crippen molar-refractivity contribution in [1.82, 2.24) is 9.29 Å². The smallest absolute Gasteiger partial charge is 0.263 e. The van der Waals surface area contributed by atoms with Gasteiger partial charge in [-0.05, 0) is 0 Å². The van der Waals surface area contributed by atoms with Crippen molar-refractivity contribution in [1.29, 1.82) is 0 Å². The van der Waals surface area contributed by atoms with Gasteiger partial charge in [0.2, 0.25) is 6.33 Å². The van der Waals surface area contributed by atoms with Crippen LogP contribution in [0.2, 0.25) is 0 Å². The number of nitrogens with one attached hydrogen (secondary N) is 1. The largest absolute Gasteiger partial charge is 0.516 e. The summed E-state index contributed by atoms with van der Waals surface area (Å²) in [6.07, 6.45) is 0.304. The number of nitrogens with zero attached hydrogens (tertiary/aromatic N) is 2. The van der Waals surface area contributed by atoms with Crippen LogP contribution in [0.3, 0.4) is 0 Å². The number of aryl methyl sites for hydroxylation is 2. The molecule has 0 bridgehead atoms. The SMILES string of the molecule is Cn1cc[n+](C)c1.O=C(NS(=O)(=O)C(F)(F)F)C(F)(F)F. The van der Waals surface area contributed by atoms with Crippen LogP contribution < -0.4 is 9.29 Å². The molecule has 0 aliphatic heterocycles. The van der Waals surface area contributed by atoms with Gasteiger partial charge in [-0.2, -0.15) is 34.8 Å². The average Bonchev–Trinajstić information content (AvgIpc) is 2.59. The Morgan fingerprint density at radius 2 is 1.67 bits per heavy atom. The molecular formula is C8H10F6N3O3S+. The van der Waals surface area contributed by atoms with Crippen LogP contribution in [0.4, 0.5) is 26.3 Å². The fourth-order valence-corrected chi connectivity index (χ4v) is 1.29. The first kappa shape index (κ1) is 19.2. The number of hydrogen-bond donors (Lipinski definition) is 1. The minimum Gasteiger partial charge on any atom is -0.263 e. The zero-order chi connectivity index (χ0) is 17.1. The third kappa shape index (κ3) is 6.46. The third-order valence-electron chi connectivity index (χ3n) is 1.69. The highest BCUT2D eigenvalue weighted by Crippen LogP contribution is 2.23. The van der Waals surface area contributed by atoms with Crippen molar-refractivity contribution in [2.75, 3.05) is 0 Å². The van der Waals surface area contributed by atoms with Crippen LogP contribution in [0.1, 0.15) is 0 Å². The van der Waals surface area contributed by atoms with Crippen molar-refractivity contribution in [3.63, 3.8) is 0 Å². The Morgan fingerprint density at radius 3 is 1.86 bits per heavy atom. The summed E-state index contributed by atoms with van der Waals surface area (Å²) in [6.45, 7) is 0. The molecule has 1 aromatic heterocycles. The topological polar surface area (TPSA) is 72.0 Å². The van der Waals surface area contributed by atoms with Gasteiger partial charge < -0.3 is 0 Å². The van der Waals surface area contributed by atoms with E-state index >= 15 is 0 Å². The van der Waals surface area contributed by atoms with Crippen molar-refractivity contribution < 1.29 is 44.1 Å². The number of alkyl halides is 6. The zero-order valence-electron chi connectivity index (χ0n) is 10.5.